The first-order valence-corrected chi connectivity index (χ1v) is 10.5. The van der Waals surface area contributed by atoms with E-state index in [2.05, 4.69) is 0 Å². The average Bonchev–Trinajstić information content (AvgIpc) is 2.83. The van der Waals surface area contributed by atoms with E-state index in [1.807, 2.05) is 6.07 Å². The standard InChI is InChI=1S/C24H28N2O7/c1-16-24(29)26(20-7-5-6-8-21(20)33-16)10-9-22(27)25(15-23(28)32-4)14-17-11-18(30-2)13-19(12-17)31-3/h5-8,11-13,16H,9-10,14-15H2,1-4H3. The van der Waals surface area contributed by atoms with E-state index in [0.717, 1.165) is 5.56 Å². The third-order valence-corrected chi connectivity index (χ3v) is 5.31. The minimum Gasteiger partial charge on any atom is -0.497 e. The number of methoxy groups -OCH3 is 3. The summed E-state index contributed by atoms with van der Waals surface area (Å²) in [7, 11) is 4.34. The molecule has 0 aliphatic carbocycles. The van der Waals surface area contributed by atoms with Crippen LogP contribution in [0.4, 0.5) is 5.69 Å². The van der Waals surface area contributed by atoms with E-state index in [9.17, 15) is 14.4 Å². The quantitative estimate of drug-likeness (QED) is 0.535. The number of ether oxygens (including phenoxy) is 4. The first-order valence-electron chi connectivity index (χ1n) is 10.5. The Balaban J connectivity index is 1.77. The number of fused-ring (bicyclic) bond motifs is 1. The van der Waals surface area contributed by atoms with Crippen molar-refractivity contribution in [3.8, 4) is 17.2 Å². The molecule has 1 atom stereocenters. The van der Waals surface area contributed by atoms with Gasteiger partial charge in [-0.2, -0.15) is 0 Å². The van der Waals surface area contributed by atoms with Gasteiger partial charge in [0.25, 0.3) is 5.91 Å². The minimum absolute atomic E-state index is 0.0187. The van der Waals surface area contributed by atoms with Gasteiger partial charge in [0.05, 0.1) is 27.0 Å². The number of carbonyl (C=O) groups is 3. The minimum atomic E-state index is -0.648. The Kier molecular flexibility index (Phi) is 7.76. The van der Waals surface area contributed by atoms with Crippen molar-refractivity contribution < 1.29 is 33.3 Å². The highest BCUT2D eigenvalue weighted by Crippen LogP contribution is 2.33. The van der Waals surface area contributed by atoms with Gasteiger partial charge in [0.15, 0.2) is 6.10 Å². The summed E-state index contributed by atoms with van der Waals surface area (Å²) in [5.41, 5.74) is 1.34. The number of nitrogens with zero attached hydrogens (tertiary/aromatic N) is 2. The highest BCUT2D eigenvalue weighted by molar-refractivity contribution is 6.00. The zero-order valence-electron chi connectivity index (χ0n) is 19.2. The second-order valence-electron chi connectivity index (χ2n) is 7.51. The number of anilines is 1. The van der Waals surface area contributed by atoms with Gasteiger partial charge in [-0.05, 0) is 36.8 Å². The van der Waals surface area contributed by atoms with Crippen LogP contribution in [-0.2, 0) is 25.7 Å². The van der Waals surface area contributed by atoms with Gasteiger partial charge in [0, 0.05) is 25.6 Å². The van der Waals surface area contributed by atoms with Crippen molar-refractivity contribution in [1.29, 1.82) is 0 Å². The molecule has 0 radical (unpaired) electrons. The summed E-state index contributed by atoms with van der Waals surface area (Å²) >= 11 is 0. The molecule has 0 saturated heterocycles. The predicted octanol–water partition coefficient (Wildman–Crippen LogP) is 2.41. The Hall–Kier alpha value is -3.75. The zero-order chi connectivity index (χ0) is 24.0. The molecule has 0 spiro atoms. The van der Waals surface area contributed by atoms with Gasteiger partial charge in [-0.1, -0.05) is 12.1 Å². The molecule has 2 aromatic rings. The van der Waals surface area contributed by atoms with E-state index in [0.29, 0.717) is 22.9 Å². The van der Waals surface area contributed by atoms with E-state index >= 15 is 0 Å². The monoisotopic (exact) mass is 456 g/mol. The maximum atomic E-state index is 13.1. The van der Waals surface area contributed by atoms with Crippen molar-refractivity contribution >= 4 is 23.5 Å². The molecule has 1 unspecified atom stereocenters. The largest absolute Gasteiger partial charge is 0.497 e. The van der Waals surface area contributed by atoms with E-state index in [1.165, 1.54) is 26.2 Å². The van der Waals surface area contributed by atoms with Crippen LogP contribution in [0.3, 0.4) is 0 Å². The Labute approximate surface area is 192 Å². The number of rotatable bonds is 9. The summed E-state index contributed by atoms with van der Waals surface area (Å²) < 4.78 is 21.0. The molecular weight excluding hydrogens is 428 g/mol. The molecule has 9 heteroatoms. The third-order valence-electron chi connectivity index (χ3n) is 5.31. The maximum absolute atomic E-state index is 13.1. The lowest BCUT2D eigenvalue weighted by Crippen LogP contribution is -2.46. The number of hydrogen-bond acceptors (Lipinski definition) is 7. The molecule has 0 fully saturated rings. The molecule has 0 N–H and O–H groups in total. The SMILES string of the molecule is COC(=O)CN(Cc1cc(OC)cc(OC)c1)C(=O)CCN1C(=O)C(C)Oc2ccccc21. The van der Waals surface area contributed by atoms with Crippen LogP contribution in [-0.4, -0.2) is 63.2 Å². The van der Waals surface area contributed by atoms with Crippen molar-refractivity contribution in [2.24, 2.45) is 0 Å². The first kappa shape index (κ1) is 23.9. The van der Waals surface area contributed by atoms with E-state index in [4.69, 9.17) is 18.9 Å². The van der Waals surface area contributed by atoms with Gasteiger partial charge in [-0.3, -0.25) is 14.4 Å². The fourth-order valence-electron chi connectivity index (χ4n) is 3.59. The number of benzene rings is 2. The Morgan fingerprint density at radius 1 is 1.06 bits per heavy atom. The molecule has 1 aliphatic heterocycles. The summed E-state index contributed by atoms with van der Waals surface area (Å²) in [6, 6.07) is 12.4. The average molecular weight is 456 g/mol. The van der Waals surface area contributed by atoms with Crippen LogP contribution in [0, 0.1) is 0 Å². The highest BCUT2D eigenvalue weighted by Gasteiger charge is 2.32. The molecule has 0 saturated carbocycles. The molecule has 1 heterocycles. The van der Waals surface area contributed by atoms with Crippen molar-refractivity contribution in [1.82, 2.24) is 4.90 Å². The number of esters is 1. The molecular formula is C24H28N2O7. The molecule has 0 bridgehead atoms. The lowest BCUT2D eigenvalue weighted by molar-refractivity contribution is -0.147. The second kappa shape index (κ2) is 10.7. The topological polar surface area (TPSA) is 94.6 Å². The predicted molar refractivity (Wildman–Crippen MR) is 120 cm³/mol. The molecule has 2 aromatic carbocycles. The molecule has 9 nitrogen and oxygen atoms in total. The Bertz CT molecular complexity index is 1000. The highest BCUT2D eigenvalue weighted by atomic mass is 16.5. The summed E-state index contributed by atoms with van der Waals surface area (Å²) in [4.78, 5) is 40.8. The summed E-state index contributed by atoms with van der Waals surface area (Å²) in [5.74, 6) is 0.662. The smallest absolute Gasteiger partial charge is 0.325 e. The fraction of sp³-hybridized carbons (Fsp3) is 0.375. The summed E-state index contributed by atoms with van der Waals surface area (Å²) in [5, 5.41) is 0. The van der Waals surface area contributed by atoms with Gasteiger partial charge >= 0.3 is 5.97 Å². The van der Waals surface area contributed by atoms with Gasteiger partial charge in [-0.25, -0.2) is 0 Å². The second-order valence-corrected chi connectivity index (χ2v) is 7.51. The number of amides is 2. The lowest BCUT2D eigenvalue weighted by atomic mass is 10.1. The molecule has 3 rings (SSSR count). The Morgan fingerprint density at radius 3 is 2.36 bits per heavy atom. The van der Waals surface area contributed by atoms with E-state index < -0.39 is 12.1 Å². The number of hydrogen-bond donors (Lipinski definition) is 0. The van der Waals surface area contributed by atoms with Crippen LogP contribution in [0.25, 0.3) is 0 Å². The van der Waals surface area contributed by atoms with Gasteiger partial charge in [0.2, 0.25) is 5.91 Å². The summed E-state index contributed by atoms with van der Waals surface area (Å²) in [6.45, 7) is 1.75. The van der Waals surface area contributed by atoms with Crippen molar-refractivity contribution in [2.45, 2.75) is 26.0 Å². The molecule has 33 heavy (non-hydrogen) atoms. The van der Waals surface area contributed by atoms with Crippen LogP contribution in [0.1, 0.15) is 18.9 Å². The van der Waals surface area contributed by atoms with Crippen molar-refractivity contribution in [3.05, 3.63) is 48.0 Å². The van der Waals surface area contributed by atoms with Crippen LogP contribution in [0.5, 0.6) is 17.2 Å². The van der Waals surface area contributed by atoms with Crippen LogP contribution in [0.15, 0.2) is 42.5 Å². The van der Waals surface area contributed by atoms with Crippen LogP contribution in [0.2, 0.25) is 0 Å². The lowest BCUT2D eigenvalue weighted by Gasteiger charge is -2.33. The molecule has 1 aliphatic rings. The maximum Gasteiger partial charge on any atom is 0.325 e. The van der Waals surface area contributed by atoms with Crippen LogP contribution >= 0.6 is 0 Å². The molecule has 0 aromatic heterocycles. The summed E-state index contributed by atoms with van der Waals surface area (Å²) in [6.07, 6.45) is -0.629. The van der Waals surface area contributed by atoms with Gasteiger partial charge in [-0.15, -0.1) is 0 Å². The first-order chi connectivity index (χ1) is 15.9. The Morgan fingerprint density at radius 2 is 1.73 bits per heavy atom. The van der Waals surface area contributed by atoms with Crippen molar-refractivity contribution in [2.75, 3.05) is 39.3 Å². The molecule has 176 valence electrons. The normalized spacial score (nSPS) is 14.7. The van der Waals surface area contributed by atoms with Gasteiger partial charge < -0.3 is 28.7 Å². The number of carbonyl (C=O) groups excluding carboxylic acids is 3. The number of para-hydroxylation sites is 2. The molecule has 2 amide bonds. The third kappa shape index (κ3) is 5.74. The van der Waals surface area contributed by atoms with Crippen molar-refractivity contribution in [3.63, 3.8) is 0 Å². The van der Waals surface area contributed by atoms with Crippen LogP contribution < -0.4 is 19.1 Å². The fourth-order valence-corrected chi connectivity index (χ4v) is 3.59. The van der Waals surface area contributed by atoms with E-state index in [1.54, 1.807) is 48.2 Å². The zero-order valence-corrected chi connectivity index (χ0v) is 19.2. The van der Waals surface area contributed by atoms with E-state index in [-0.39, 0.29) is 37.9 Å². The van der Waals surface area contributed by atoms with Gasteiger partial charge in [0.1, 0.15) is 23.8 Å².